The number of unbranched alkanes of at least 4 members (excludes halogenated alkanes) is 16. The van der Waals surface area contributed by atoms with E-state index in [9.17, 15) is 19.5 Å². The summed E-state index contributed by atoms with van der Waals surface area (Å²) in [7, 11) is 5.38. The largest absolute Gasteiger partial charge is 0.544 e. The van der Waals surface area contributed by atoms with Crippen LogP contribution in [0.2, 0.25) is 0 Å². The number of esters is 2. The van der Waals surface area contributed by atoms with E-state index in [0.29, 0.717) is 12.8 Å². The van der Waals surface area contributed by atoms with Gasteiger partial charge in [0.25, 0.3) is 0 Å². The number of allylic oxidation sites excluding steroid dienone is 2. The van der Waals surface area contributed by atoms with E-state index in [4.69, 9.17) is 14.2 Å². The normalized spacial score (nSPS) is 13.2. The summed E-state index contributed by atoms with van der Waals surface area (Å²) < 4.78 is 16.9. The first-order chi connectivity index (χ1) is 21.6. The Kier molecular flexibility index (Phi) is 28.2. The van der Waals surface area contributed by atoms with E-state index in [-0.39, 0.29) is 42.7 Å². The lowest BCUT2D eigenvalue weighted by Crippen LogP contribution is -2.55. The fraction of sp³-hybridized carbons (Fsp3) is 0.865. The summed E-state index contributed by atoms with van der Waals surface area (Å²) in [5.74, 6) is -1.76. The first-order valence-corrected chi connectivity index (χ1v) is 18.2. The van der Waals surface area contributed by atoms with Crippen LogP contribution < -0.4 is 5.11 Å². The number of carbonyl (C=O) groups excluding carboxylic acids is 3. The fourth-order valence-corrected chi connectivity index (χ4v) is 5.24. The van der Waals surface area contributed by atoms with Crippen LogP contribution in [-0.2, 0) is 28.6 Å². The second kappa shape index (κ2) is 29.5. The van der Waals surface area contributed by atoms with Crippen molar-refractivity contribution in [1.82, 2.24) is 0 Å². The summed E-state index contributed by atoms with van der Waals surface area (Å²) >= 11 is 0. The average molecular weight is 640 g/mol. The lowest BCUT2D eigenvalue weighted by Gasteiger charge is -2.34. The number of carbonyl (C=O) groups is 3. The second-order valence-electron chi connectivity index (χ2n) is 13.5. The number of rotatable bonds is 32. The molecule has 0 aliphatic rings. The number of carboxylic acids is 1. The summed E-state index contributed by atoms with van der Waals surface area (Å²) in [5, 5.41) is 11.5. The summed E-state index contributed by atoms with van der Waals surface area (Å²) in [6.45, 7) is 4.55. The third kappa shape index (κ3) is 28.1. The van der Waals surface area contributed by atoms with E-state index in [2.05, 4.69) is 26.0 Å². The Balaban J connectivity index is 4.32. The monoisotopic (exact) mass is 640 g/mol. The molecule has 0 fully saturated rings. The molecule has 0 aromatic carbocycles. The standard InChI is InChI=1S/C37H69NO7/c1-6-8-10-12-13-14-15-16-17-18-19-20-21-22-24-26-28-36(40)45-33(32-44-35(39)27-25-23-11-9-7-2)31-43-30-29-34(37(41)42)38(3,4)5/h17-18,33-34H,6-16,19-32H2,1-5H3/b18-17-. The Morgan fingerprint density at radius 2 is 1.11 bits per heavy atom. The van der Waals surface area contributed by atoms with Gasteiger partial charge in [0.1, 0.15) is 12.6 Å². The number of ether oxygens (including phenoxy) is 3. The van der Waals surface area contributed by atoms with Gasteiger partial charge in [-0.3, -0.25) is 9.59 Å². The third-order valence-corrected chi connectivity index (χ3v) is 8.15. The van der Waals surface area contributed by atoms with Crippen molar-refractivity contribution < 1.29 is 38.2 Å². The van der Waals surface area contributed by atoms with Crippen LogP contribution in [0.15, 0.2) is 12.2 Å². The number of quaternary nitrogens is 1. The Hall–Kier alpha value is -1.93. The van der Waals surface area contributed by atoms with Crippen molar-refractivity contribution in [3.63, 3.8) is 0 Å². The second-order valence-corrected chi connectivity index (χ2v) is 13.5. The number of carboxylic acid groups (broad SMARTS) is 1. The van der Waals surface area contributed by atoms with Gasteiger partial charge in [0.05, 0.1) is 40.3 Å². The summed E-state index contributed by atoms with van der Waals surface area (Å²) in [5.41, 5.74) is 0. The maximum absolute atomic E-state index is 12.6. The lowest BCUT2D eigenvalue weighted by atomic mass is 10.1. The van der Waals surface area contributed by atoms with Crippen molar-refractivity contribution in [2.24, 2.45) is 0 Å². The van der Waals surface area contributed by atoms with Gasteiger partial charge in [-0.1, -0.05) is 109 Å². The molecule has 0 heterocycles. The van der Waals surface area contributed by atoms with Crippen molar-refractivity contribution in [3.8, 4) is 0 Å². The molecule has 0 spiro atoms. The molecule has 2 atom stereocenters. The minimum Gasteiger partial charge on any atom is -0.544 e. The predicted molar refractivity (Wildman–Crippen MR) is 181 cm³/mol. The smallest absolute Gasteiger partial charge is 0.306 e. The molecule has 8 heteroatoms. The van der Waals surface area contributed by atoms with Crippen LogP contribution in [0.3, 0.4) is 0 Å². The molecule has 0 N–H and O–H groups in total. The maximum Gasteiger partial charge on any atom is 0.306 e. The maximum atomic E-state index is 12.6. The zero-order chi connectivity index (χ0) is 33.6. The molecule has 264 valence electrons. The highest BCUT2D eigenvalue weighted by Gasteiger charge is 2.25. The average Bonchev–Trinajstić information content (AvgIpc) is 2.98. The fourth-order valence-electron chi connectivity index (χ4n) is 5.24. The van der Waals surface area contributed by atoms with Gasteiger partial charge in [0, 0.05) is 19.3 Å². The molecule has 0 rings (SSSR count). The molecule has 0 aromatic heterocycles. The first-order valence-electron chi connectivity index (χ1n) is 18.2. The third-order valence-electron chi connectivity index (χ3n) is 8.15. The van der Waals surface area contributed by atoms with Gasteiger partial charge in [0.2, 0.25) is 0 Å². The minimum atomic E-state index is -1.13. The van der Waals surface area contributed by atoms with Crippen LogP contribution in [0.25, 0.3) is 0 Å². The quantitative estimate of drug-likeness (QED) is 0.0326. The summed E-state index contributed by atoms with van der Waals surface area (Å²) in [4.78, 5) is 36.3. The Labute approximate surface area is 276 Å². The minimum absolute atomic E-state index is 0.0406. The van der Waals surface area contributed by atoms with E-state index < -0.39 is 18.1 Å². The molecule has 0 amide bonds. The van der Waals surface area contributed by atoms with E-state index in [0.717, 1.165) is 64.2 Å². The highest BCUT2D eigenvalue weighted by atomic mass is 16.6. The molecule has 0 saturated heterocycles. The number of aliphatic carboxylic acids is 1. The predicted octanol–water partition coefficient (Wildman–Crippen LogP) is 7.46. The van der Waals surface area contributed by atoms with Gasteiger partial charge in [-0.25, -0.2) is 0 Å². The molecule has 0 aliphatic carbocycles. The molecule has 2 unspecified atom stereocenters. The molecule has 0 aliphatic heterocycles. The van der Waals surface area contributed by atoms with Gasteiger partial charge in [-0.05, 0) is 38.5 Å². The lowest BCUT2D eigenvalue weighted by molar-refractivity contribution is -0.889. The van der Waals surface area contributed by atoms with E-state index in [1.807, 2.05) is 0 Å². The van der Waals surface area contributed by atoms with Gasteiger partial charge < -0.3 is 28.6 Å². The zero-order valence-corrected chi connectivity index (χ0v) is 29.8. The topological polar surface area (TPSA) is 102 Å². The number of hydrogen-bond donors (Lipinski definition) is 0. The van der Waals surface area contributed by atoms with Crippen LogP contribution in [0.1, 0.15) is 155 Å². The molecule has 45 heavy (non-hydrogen) atoms. The molecule has 0 bridgehead atoms. The van der Waals surface area contributed by atoms with Crippen LogP contribution in [0.5, 0.6) is 0 Å². The SMILES string of the molecule is CCCCCCCCC/C=C\CCCCCCCC(=O)OC(COCCC(C(=O)[O-])[N+](C)(C)C)COC(=O)CCCCCCC. The number of likely N-dealkylation sites (N-methyl/N-ethyl adjacent to an activating group) is 1. The van der Waals surface area contributed by atoms with Gasteiger partial charge >= 0.3 is 11.9 Å². The summed E-state index contributed by atoms with van der Waals surface area (Å²) in [6.07, 6.45) is 26.9. The van der Waals surface area contributed by atoms with Crippen molar-refractivity contribution in [2.75, 3.05) is 41.0 Å². The first kappa shape index (κ1) is 43.1. The van der Waals surface area contributed by atoms with Crippen LogP contribution in [-0.4, -0.2) is 75.5 Å². The Morgan fingerprint density at radius 1 is 0.644 bits per heavy atom. The molecule has 8 nitrogen and oxygen atoms in total. The zero-order valence-electron chi connectivity index (χ0n) is 29.8. The van der Waals surface area contributed by atoms with Gasteiger partial charge in [-0.2, -0.15) is 0 Å². The van der Waals surface area contributed by atoms with Crippen LogP contribution >= 0.6 is 0 Å². The highest BCUT2D eigenvalue weighted by Crippen LogP contribution is 2.13. The van der Waals surface area contributed by atoms with Crippen molar-refractivity contribution in [2.45, 2.75) is 167 Å². The molecule has 0 radical (unpaired) electrons. The van der Waals surface area contributed by atoms with Crippen LogP contribution in [0.4, 0.5) is 0 Å². The number of hydrogen-bond acceptors (Lipinski definition) is 7. The Bertz CT molecular complexity index is 762. The van der Waals surface area contributed by atoms with E-state index in [1.165, 1.54) is 57.8 Å². The molecule has 0 aromatic rings. The molecule has 0 saturated carbocycles. The number of nitrogens with zero attached hydrogens (tertiary/aromatic N) is 1. The highest BCUT2D eigenvalue weighted by molar-refractivity contribution is 5.70. The van der Waals surface area contributed by atoms with Crippen molar-refractivity contribution >= 4 is 17.9 Å². The van der Waals surface area contributed by atoms with E-state index in [1.54, 1.807) is 21.1 Å². The van der Waals surface area contributed by atoms with Gasteiger partial charge in [0.15, 0.2) is 6.10 Å². The summed E-state index contributed by atoms with van der Waals surface area (Å²) in [6, 6.07) is -0.720. The molecular weight excluding hydrogens is 570 g/mol. The van der Waals surface area contributed by atoms with Crippen molar-refractivity contribution in [1.29, 1.82) is 0 Å². The Morgan fingerprint density at radius 3 is 1.60 bits per heavy atom. The van der Waals surface area contributed by atoms with Gasteiger partial charge in [-0.15, -0.1) is 0 Å². The van der Waals surface area contributed by atoms with Crippen molar-refractivity contribution in [3.05, 3.63) is 12.2 Å². The van der Waals surface area contributed by atoms with Crippen LogP contribution in [0, 0.1) is 0 Å². The van der Waals surface area contributed by atoms with E-state index >= 15 is 0 Å². The molecular formula is C37H69NO7.